The fourth-order valence-electron chi connectivity index (χ4n) is 2.16. The van der Waals surface area contributed by atoms with Crippen molar-refractivity contribution in [3.63, 3.8) is 0 Å². The molecule has 1 atom stereocenters. The lowest BCUT2D eigenvalue weighted by Crippen LogP contribution is -2.48. The first-order valence-corrected chi connectivity index (χ1v) is 8.15. The lowest BCUT2D eigenvalue weighted by atomic mass is 9.97. The first kappa shape index (κ1) is 17.4. The van der Waals surface area contributed by atoms with Crippen LogP contribution in [0.25, 0.3) is 11.3 Å². The van der Waals surface area contributed by atoms with E-state index < -0.39 is 11.4 Å². The van der Waals surface area contributed by atoms with Gasteiger partial charge in [0.25, 0.3) is 0 Å². The number of halogens is 1. The summed E-state index contributed by atoms with van der Waals surface area (Å²) in [5.74, 6) is -0.557. The smallest absolute Gasteiger partial charge is 0.245 e. The maximum atomic E-state index is 13.8. The maximum absolute atomic E-state index is 13.8. The summed E-state index contributed by atoms with van der Waals surface area (Å²) in [6.45, 7) is 3.66. The van der Waals surface area contributed by atoms with E-state index >= 15 is 0 Å². The number of carbonyl (C=O) groups is 1. The number of benzene rings is 1. The highest BCUT2D eigenvalue weighted by Crippen LogP contribution is 2.28. The van der Waals surface area contributed by atoms with Crippen LogP contribution in [0.1, 0.15) is 26.7 Å². The third-order valence-electron chi connectivity index (χ3n) is 3.46. The van der Waals surface area contributed by atoms with Crippen molar-refractivity contribution in [2.24, 2.45) is 5.73 Å². The van der Waals surface area contributed by atoms with Crippen LogP contribution in [0, 0.1) is 5.82 Å². The molecule has 3 N–H and O–H groups in total. The van der Waals surface area contributed by atoms with Gasteiger partial charge in [-0.1, -0.05) is 13.3 Å². The van der Waals surface area contributed by atoms with Gasteiger partial charge in [0.05, 0.1) is 18.3 Å². The molecular weight excluding hydrogens is 317 g/mol. The number of hydrogen-bond acceptors (Lipinski definition) is 5. The Morgan fingerprint density at radius 2 is 2.26 bits per heavy atom. The van der Waals surface area contributed by atoms with Crippen LogP contribution in [0.4, 0.5) is 9.52 Å². The zero-order valence-corrected chi connectivity index (χ0v) is 14.2. The fourth-order valence-corrected chi connectivity index (χ4v) is 2.88. The average Bonchev–Trinajstić information content (AvgIpc) is 2.95. The van der Waals surface area contributed by atoms with Gasteiger partial charge in [-0.25, -0.2) is 9.37 Å². The molecule has 0 aliphatic heterocycles. The van der Waals surface area contributed by atoms with Crippen LogP contribution >= 0.6 is 11.3 Å². The molecule has 0 fully saturated rings. The molecule has 0 aliphatic rings. The van der Waals surface area contributed by atoms with Gasteiger partial charge in [0.1, 0.15) is 0 Å². The molecule has 0 radical (unpaired) electrons. The predicted molar refractivity (Wildman–Crippen MR) is 90.2 cm³/mol. The second kappa shape index (κ2) is 7.06. The van der Waals surface area contributed by atoms with Gasteiger partial charge in [0, 0.05) is 10.9 Å². The predicted octanol–water partition coefficient (Wildman–Crippen LogP) is 3.41. The molecule has 2 rings (SSSR count). The van der Waals surface area contributed by atoms with E-state index in [0.717, 1.165) is 6.42 Å². The molecule has 5 nitrogen and oxygen atoms in total. The highest BCUT2D eigenvalue weighted by molar-refractivity contribution is 7.14. The highest BCUT2D eigenvalue weighted by atomic mass is 32.1. The van der Waals surface area contributed by atoms with E-state index in [1.807, 2.05) is 6.92 Å². The Bertz CT molecular complexity index is 700. The number of ether oxygens (including phenoxy) is 1. The lowest BCUT2D eigenvalue weighted by molar-refractivity contribution is -0.120. The second-order valence-electron chi connectivity index (χ2n) is 5.51. The van der Waals surface area contributed by atoms with Gasteiger partial charge in [-0.2, -0.15) is 0 Å². The van der Waals surface area contributed by atoms with E-state index in [1.54, 1.807) is 24.4 Å². The molecule has 23 heavy (non-hydrogen) atoms. The van der Waals surface area contributed by atoms with Crippen LogP contribution in [-0.4, -0.2) is 23.5 Å². The van der Waals surface area contributed by atoms with E-state index in [0.29, 0.717) is 22.8 Å². The Labute approximate surface area is 138 Å². The molecule has 2 aromatic rings. The molecule has 1 amide bonds. The lowest BCUT2D eigenvalue weighted by Gasteiger charge is -2.21. The van der Waals surface area contributed by atoms with Crippen LogP contribution < -0.4 is 15.8 Å². The van der Waals surface area contributed by atoms with Crippen molar-refractivity contribution in [1.29, 1.82) is 0 Å². The molecule has 0 spiro atoms. The first-order chi connectivity index (χ1) is 10.9. The molecule has 124 valence electrons. The molecule has 1 unspecified atom stereocenters. The number of nitrogens with two attached hydrogens (primary N) is 1. The number of nitrogens with one attached hydrogen (secondary N) is 1. The van der Waals surface area contributed by atoms with Crippen LogP contribution in [0.3, 0.4) is 0 Å². The van der Waals surface area contributed by atoms with Crippen molar-refractivity contribution in [3.05, 3.63) is 29.4 Å². The fraction of sp³-hybridized carbons (Fsp3) is 0.375. The molecular formula is C16H20FN3O2S. The van der Waals surface area contributed by atoms with Gasteiger partial charge >= 0.3 is 0 Å². The minimum absolute atomic E-state index is 0.177. The molecule has 1 aromatic carbocycles. The maximum Gasteiger partial charge on any atom is 0.245 e. The van der Waals surface area contributed by atoms with Crippen LogP contribution in [0.15, 0.2) is 23.6 Å². The van der Waals surface area contributed by atoms with Crippen molar-refractivity contribution in [2.75, 3.05) is 12.4 Å². The van der Waals surface area contributed by atoms with Crippen molar-refractivity contribution in [1.82, 2.24) is 4.98 Å². The average molecular weight is 337 g/mol. The molecule has 0 bridgehead atoms. The summed E-state index contributed by atoms with van der Waals surface area (Å²) in [6, 6.07) is 4.61. The van der Waals surface area contributed by atoms with Crippen molar-refractivity contribution in [3.8, 4) is 17.0 Å². The van der Waals surface area contributed by atoms with E-state index in [-0.39, 0.29) is 11.7 Å². The standard InChI is InChI=1S/C16H20FN3O2S/c1-4-7-16(2,18)14(21)20-15-19-12(9-23-15)10-5-6-13(22-3)11(17)8-10/h5-6,8-9H,4,7,18H2,1-3H3,(H,19,20,21). The van der Waals surface area contributed by atoms with Crippen LogP contribution in [0.5, 0.6) is 5.75 Å². The Morgan fingerprint density at radius 1 is 1.52 bits per heavy atom. The SMILES string of the molecule is CCCC(C)(N)C(=O)Nc1nc(-c2ccc(OC)c(F)c2)cs1. The summed E-state index contributed by atoms with van der Waals surface area (Å²) in [7, 11) is 1.41. The Hall–Kier alpha value is -1.99. The summed E-state index contributed by atoms with van der Waals surface area (Å²) in [5, 5.41) is 4.91. The zero-order chi connectivity index (χ0) is 17.0. The van der Waals surface area contributed by atoms with Gasteiger partial charge in [-0.05, 0) is 31.5 Å². The van der Waals surface area contributed by atoms with Gasteiger partial charge in [0.15, 0.2) is 16.7 Å². The number of methoxy groups -OCH3 is 1. The first-order valence-electron chi connectivity index (χ1n) is 7.27. The summed E-state index contributed by atoms with van der Waals surface area (Å²) in [4.78, 5) is 16.5. The summed E-state index contributed by atoms with van der Waals surface area (Å²) in [6.07, 6.45) is 1.40. The number of rotatable bonds is 6. The van der Waals surface area contributed by atoms with E-state index in [9.17, 15) is 9.18 Å². The molecule has 0 saturated heterocycles. The summed E-state index contributed by atoms with van der Waals surface area (Å²) >= 11 is 1.27. The Balaban J connectivity index is 2.15. The third-order valence-corrected chi connectivity index (χ3v) is 4.22. The van der Waals surface area contributed by atoms with Crippen molar-refractivity contribution < 1.29 is 13.9 Å². The van der Waals surface area contributed by atoms with Crippen LogP contribution in [0.2, 0.25) is 0 Å². The number of carbonyl (C=O) groups excluding carboxylic acids is 1. The van der Waals surface area contributed by atoms with E-state index in [1.165, 1.54) is 24.5 Å². The number of amides is 1. The van der Waals surface area contributed by atoms with E-state index in [2.05, 4.69) is 10.3 Å². The molecule has 1 heterocycles. The van der Waals surface area contributed by atoms with Gasteiger partial charge in [0.2, 0.25) is 5.91 Å². The van der Waals surface area contributed by atoms with E-state index in [4.69, 9.17) is 10.5 Å². The second-order valence-corrected chi connectivity index (χ2v) is 6.37. The topological polar surface area (TPSA) is 77.2 Å². The monoisotopic (exact) mass is 337 g/mol. The normalized spacial score (nSPS) is 13.4. The number of hydrogen-bond donors (Lipinski definition) is 2. The number of thiazole rings is 1. The van der Waals surface area contributed by atoms with Crippen molar-refractivity contribution >= 4 is 22.4 Å². The molecule has 0 saturated carbocycles. The minimum Gasteiger partial charge on any atom is -0.494 e. The number of nitrogens with zero attached hydrogens (tertiary/aromatic N) is 1. The third kappa shape index (κ3) is 4.05. The summed E-state index contributed by atoms with van der Waals surface area (Å²) < 4.78 is 18.6. The van der Waals surface area contributed by atoms with Gasteiger partial charge in [-0.3, -0.25) is 4.79 Å². The quantitative estimate of drug-likeness (QED) is 0.847. The van der Waals surface area contributed by atoms with Gasteiger partial charge < -0.3 is 15.8 Å². The Kier molecular flexibility index (Phi) is 5.33. The molecule has 1 aromatic heterocycles. The number of aromatic nitrogens is 1. The largest absolute Gasteiger partial charge is 0.494 e. The summed E-state index contributed by atoms with van der Waals surface area (Å²) in [5.41, 5.74) is 6.25. The van der Waals surface area contributed by atoms with Gasteiger partial charge in [-0.15, -0.1) is 11.3 Å². The highest BCUT2D eigenvalue weighted by Gasteiger charge is 2.27. The van der Waals surface area contributed by atoms with Crippen LogP contribution in [-0.2, 0) is 4.79 Å². The zero-order valence-electron chi connectivity index (χ0n) is 13.4. The molecule has 0 aliphatic carbocycles. The van der Waals surface area contributed by atoms with Crippen molar-refractivity contribution in [2.45, 2.75) is 32.2 Å². The minimum atomic E-state index is -0.938. The number of anilines is 1. The Morgan fingerprint density at radius 3 is 2.87 bits per heavy atom. The molecule has 7 heteroatoms.